The first-order valence-electron chi connectivity index (χ1n) is 12.2. The van der Waals surface area contributed by atoms with Gasteiger partial charge in [-0.3, -0.25) is 9.59 Å². The fourth-order valence-corrected chi connectivity index (χ4v) is 5.38. The summed E-state index contributed by atoms with van der Waals surface area (Å²) < 4.78 is 18.8. The van der Waals surface area contributed by atoms with E-state index < -0.39 is 0 Å². The van der Waals surface area contributed by atoms with Gasteiger partial charge in [0.25, 0.3) is 11.5 Å². The van der Waals surface area contributed by atoms with Crippen LogP contribution in [0.25, 0.3) is 11.2 Å². The molecule has 2 bridgehead atoms. The Morgan fingerprint density at radius 3 is 2.78 bits per heavy atom. The lowest BCUT2D eigenvalue weighted by molar-refractivity contribution is -0.167. The zero-order chi connectivity index (χ0) is 24.8. The number of nitrogens with zero attached hydrogens (tertiary/aromatic N) is 4. The number of methoxy groups -OCH3 is 1. The molecule has 188 valence electrons. The number of amides is 1. The highest BCUT2D eigenvalue weighted by molar-refractivity contribution is 5.94. The molecular formula is C25H28N6O5. The maximum absolute atomic E-state index is 12.6. The summed E-state index contributed by atoms with van der Waals surface area (Å²) in [5.74, 6) is 1.46. The second-order valence-corrected chi connectivity index (χ2v) is 9.81. The lowest BCUT2D eigenvalue weighted by atomic mass is 9.70. The predicted molar refractivity (Wildman–Crippen MR) is 130 cm³/mol. The molecule has 4 aliphatic rings. The molecular weight excluding hydrogens is 464 g/mol. The van der Waals surface area contributed by atoms with Crippen LogP contribution in [0, 0.1) is 0 Å². The number of aromatic nitrogens is 4. The number of ether oxygens (including phenoxy) is 3. The van der Waals surface area contributed by atoms with Crippen molar-refractivity contribution in [2.75, 3.05) is 25.6 Å². The molecule has 3 aromatic rings. The Labute approximate surface area is 207 Å². The zero-order valence-corrected chi connectivity index (χ0v) is 20.1. The largest absolute Gasteiger partial charge is 0.495 e. The number of hydrogen-bond donors (Lipinski definition) is 2. The molecule has 0 radical (unpaired) electrons. The average Bonchev–Trinajstić information content (AvgIpc) is 2.92. The molecule has 3 fully saturated rings. The van der Waals surface area contributed by atoms with Gasteiger partial charge in [-0.1, -0.05) is 0 Å². The first kappa shape index (κ1) is 22.9. The van der Waals surface area contributed by atoms with Gasteiger partial charge in [-0.05, 0) is 44.2 Å². The van der Waals surface area contributed by atoms with E-state index >= 15 is 0 Å². The van der Waals surface area contributed by atoms with Crippen molar-refractivity contribution < 1.29 is 19.0 Å². The Kier molecular flexibility index (Phi) is 5.60. The molecule has 3 aromatic heterocycles. The van der Waals surface area contributed by atoms with E-state index in [1.807, 2.05) is 12.1 Å². The first-order valence-corrected chi connectivity index (χ1v) is 12.2. The third kappa shape index (κ3) is 4.18. The number of nitrogens with one attached hydrogen (secondary N) is 2. The molecule has 6 heterocycles. The van der Waals surface area contributed by atoms with Gasteiger partial charge in [-0.2, -0.15) is 0 Å². The summed E-state index contributed by atoms with van der Waals surface area (Å²) >= 11 is 0. The fraction of sp³-hybridized carbons (Fsp3) is 0.480. The molecule has 11 heteroatoms. The highest BCUT2D eigenvalue weighted by Gasteiger charge is 2.49. The van der Waals surface area contributed by atoms with Crippen LogP contribution in [0.5, 0.6) is 11.5 Å². The standard InChI is InChI=1S/C25H28N6O5/c1-34-17-10-18-22(26-12-17)27-13-21(33)31(18)9-8-25-6-4-24(5-7-25,15-36-25)28-11-16-2-3-19-23(29-16)30-20(32)14-35-19/h2-3,10,12-13,28H,4-9,11,14-15H2,1H3,(H,29,30,32). The molecule has 1 saturated carbocycles. The van der Waals surface area contributed by atoms with Crippen molar-refractivity contribution in [2.24, 2.45) is 0 Å². The van der Waals surface area contributed by atoms with Gasteiger partial charge in [-0.15, -0.1) is 0 Å². The molecule has 7 rings (SSSR count). The van der Waals surface area contributed by atoms with Gasteiger partial charge in [0.2, 0.25) is 0 Å². The number of rotatable bonds is 7. The third-order valence-electron chi connectivity index (χ3n) is 7.65. The molecule has 3 aliphatic heterocycles. The van der Waals surface area contributed by atoms with Gasteiger partial charge in [0.1, 0.15) is 5.75 Å². The summed E-state index contributed by atoms with van der Waals surface area (Å²) in [5.41, 5.74) is 1.53. The minimum atomic E-state index is -0.240. The lowest BCUT2D eigenvalue weighted by Crippen LogP contribution is -2.61. The van der Waals surface area contributed by atoms with Crippen molar-refractivity contribution in [1.29, 1.82) is 0 Å². The van der Waals surface area contributed by atoms with Crippen LogP contribution in [0.2, 0.25) is 0 Å². The molecule has 2 N–H and O–H groups in total. The normalized spacial score (nSPS) is 24.8. The number of carbonyl (C=O) groups is 1. The van der Waals surface area contributed by atoms with E-state index in [9.17, 15) is 9.59 Å². The van der Waals surface area contributed by atoms with Gasteiger partial charge < -0.3 is 29.4 Å². The van der Waals surface area contributed by atoms with Crippen LogP contribution in [0.4, 0.5) is 5.82 Å². The molecule has 1 aliphatic carbocycles. The second-order valence-electron chi connectivity index (χ2n) is 9.81. The lowest BCUT2D eigenvalue weighted by Gasteiger charge is -2.53. The summed E-state index contributed by atoms with van der Waals surface area (Å²) in [4.78, 5) is 37.2. The highest BCUT2D eigenvalue weighted by Crippen LogP contribution is 2.45. The Balaban J connectivity index is 1.10. The molecule has 2 saturated heterocycles. The third-order valence-corrected chi connectivity index (χ3v) is 7.65. The Morgan fingerprint density at radius 2 is 2.00 bits per heavy atom. The van der Waals surface area contributed by atoms with E-state index in [0.29, 0.717) is 48.2 Å². The minimum Gasteiger partial charge on any atom is -0.495 e. The molecule has 0 spiro atoms. The Bertz CT molecular complexity index is 1360. The van der Waals surface area contributed by atoms with Crippen molar-refractivity contribution in [3.63, 3.8) is 0 Å². The minimum absolute atomic E-state index is 0.0194. The number of aryl methyl sites for hydroxylation is 1. The quantitative estimate of drug-likeness (QED) is 0.507. The van der Waals surface area contributed by atoms with Crippen LogP contribution in [0.1, 0.15) is 37.8 Å². The molecule has 11 nitrogen and oxygen atoms in total. The van der Waals surface area contributed by atoms with E-state index in [1.165, 1.54) is 6.20 Å². The predicted octanol–water partition coefficient (Wildman–Crippen LogP) is 1.79. The Morgan fingerprint density at radius 1 is 1.17 bits per heavy atom. The van der Waals surface area contributed by atoms with E-state index in [-0.39, 0.29) is 29.2 Å². The number of fused-ring (bicyclic) bond motifs is 5. The maximum atomic E-state index is 12.6. The molecule has 1 amide bonds. The van der Waals surface area contributed by atoms with Crippen molar-refractivity contribution in [1.82, 2.24) is 24.8 Å². The summed E-state index contributed by atoms with van der Waals surface area (Å²) in [6, 6.07) is 5.56. The summed E-state index contributed by atoms with van der Waals surface area (Å²) in [5, 5.41) is 6.42. The molecule has 0 atom stereocenters. The van der Waals surface area contributed by atoms with E-state index in [0.717, 1.165) is 37.8 Å². The topological polar surface area (TPSA) is 129 Å². The van der Waals surface area contributed by atoms with Crippen molar-refractivity contribution in [2.45, 2.75) is 56.3 Å². The van der Waals surface area contributed by atoms with Crippen LogP contribution in [-0.4, -0.2) is 56.9 Å². The van der Waals surface area contributed by atoms with Crippen LogP contribution in [0.3, 0.4) is 0 Å². The highest BCUT2D eigenvalue weighted by atomic mass is 16.5. The Hall–Kier alpha value is -3.57. The number of pyridine rings is 2. The van der Waals surface area contributed by atoms with Crippen LogP contribution in [-0.2, 0) is 22.6 Å². The van der Waals surface area contributed by atoms with Crippen molar-refractivity contribution >= 4 is 22.9 Å². The van der Waals surface area contributed by atoms with Crippen molar-refractivity contribution in [3.05, 3.63) is 46.6 Å². The van der Waals surface area contributed by atoms with Gasteiger partial charge in [0.15, 0.2) is 23.8 Å². The van der Waals surface area contributed by atoms with Gasteiger partial charge in [-0.25, -0.2) is 15.0 Å². The first-order chi connectivity index (χ1) is 17.5. The van der Waals surface area contributed by atoms with E-state index in [1.54, 1.807) is 23.9 Å². The molecule has 0 unspecified atom stereocenters. The van der Waals surface area contributed by atoms with Gasteiger partial charge in [0, 0.05) is 24.7 Å². The summed E-state index contributed by atoms with van der Waals surface area (Å²) in [6.45, 7) is 1.73. The monoisotopic (exact) mass is 492 g/mol. The van der Waals surface area contributed by atoms with Crippen LogP contribution in [0.15, 0.2) is 35.4 Å². The van der Waals surface area contributed by atoms with Gasteiger partial charge in [0.05, 0.1) is 42.9 Å². The summed E-state index contributed by atoms with van der Waals surface area (Å²) in [6.07, 6.45) is 7.47. The second kappa shape index (κ2) is 8.82. The maximum Gasteiger partial charge on any atom is 0.269 e. The number of anilines is 1. The van der Waals surface area contributed by atoms with Crippen LogP contribution >= 0.6 is 0 Å². The van der Waals surface area contributed by atoms with E-state index in [4.69, 9.17) is 14.2 Å². The number of carbonyl (C=O) groups excluding carboxylic acids is 1. The zero-order valence-electron chi connectivity index (χ0n) is 20.1. The van der Waals surface area contributed by atoms with E-state index in [2.05, 4.69) is 25.6 Å². The average molecular weight is 493 g/mol. The van der Waals surface area contributed by atoms with Crippen molar-refractivity contribution in [3.8, 4) is 11.5 Å². The SMILES string of the molecule is COc1cnc2ncc(=O)n(CCC34CCC(NCc5ccc6c(n5)NC(=O)CO6)(CC3)CO4)c2c1. The number of hydrogen-bond acceptors (Lipinski definition) is 9. The summed E-state index contributed by atoms with van der Waals surface area (Å²) in [7, 11) is 1.58. The fourth-order valence-electron chi connectivity index (χ4n) is 5.38. The van der Waals surface area contributed by atoms with Crippen LogP contribution < -0.4 is 25.7 Å². The van der Waals surface area contributed by atoms with Gasteiger partial charge >= 0.3 is 0 Å². The smallest absolute Gasteiger partial charge is 0.269 e. The molecule has 0 aromatic carbocycles. The molecule has 36 heavy (non-hydrogen) atoms.